The van der Waals surface area contributed by atoms with Gasteiger partial charge in [0.25, 0.3) is 0 Å². The Morgan fingerprint density at radius 3 is 2.57 bits per heavy atom. The first-order valence-electron chi connectivity index (χ1n) is 7.50. The summed E-state index contributed by atoms with van der Waals surface area (Å²) in [6.45, 7) is 4.11. The van der Waals surface area contributed by atoms with Gasteiger partial charge in [0.05, 0.1) is 12.2 Å². The molecule has 2 aromatic rings. The van der Waals surface area contributed by atoms with Crippen molar-refractivity contribution in [1.82, 2.24) is 19.9 Å². The van der Waals surface area contributed by atoms with Gasteiger partial charge in [-0.05, 0) is 31.5 Å². The number of carbonyl (C=O) groups excluding carboxylic acids is 1. The Morgan fingerprint density at radius 2 is 1.86 bits per heavy atom. The number of aromatic nitrogens is 3. The van der Waals surface area contributed by atoms with Gasteiger partial charge < -0.3 is 4.90 Å². The first kappa shape index (κ1) is 13.9. The maximum Gasteiger partial charge on any atom is 0.172 e. The van der Waals surface area contributed by atoms with Gasteiger partial charge in [-0.2, -0.15) is 0 Å². The highest BCUT2D eigenvalue weighted by Gasteiger charge is 2.15. The van der Waals surface area contributed by atoms with Gasteiger partial charge in [0.15, 0.2) is 6.29 Å². The zero-order valence-corrected chi connectivity index (χ0v) is 12.1. The minimum absolute atomic E-state index is 0.459. The standard InChI is InChI=1S/C16H20N4O/c21-13-15-16(12-14-6-2-1-3-7-14)20(18-17-15)11-10-19-8-4-5-9-19/h1-3,6-7,13H,4-5,8-12H2. The summed E-state index contributed by atoms with van der Waals surface area (Å²) in [5, 5.41) is 8.16. The molecule has 0 bridgehead atoms. The molecule has 0 atom stereocenters. The number of hydrogen-bond acceptors (Lipinski definition) is 4. The largest absolute Gasteiger partial charge is 0.301 e. The predicted octanol–water partition coefficient (Wildman–Crippen LogP) is 1.78. The molecule has 110 valence electrons. The van der Waals surface area contributed by atoms with E-state index in [9.17, 15) is 4.79 Å². The highest BCUT2D eigenvalue weighted by atomic mass is 16.1. The second kappa shape index (κ2) is 6.63. The van der Waals surface area contributed by atoms with Crippen molar-refractivity contribution in [3.05, 3.63) is 47.3 Å². The van der Waals surface area contributed by atoms with E-state index in [1.165, 1.54) is 31.5 Å². The Balaban J connectivity index is 1.73. The van der Waals surface area contributed by atoms with Crippen LogP contribution in [0.15, 0.2) is 30.3 Å². The van der Waals surface area contributed by atoms with Crippen LogP contribution in [-0.2, 0) is 13.0 Å². The average Bonchev–Trinajstić information content (AvgIpc) is 3.16. The summed E-state index contributed by atoms with van der Waals surface area (Å²) in [7, 11) is 0. The van der Waals surface area contributed by atoms with Gasteiger partial charge >= 0.3 is 0 Å². The average molecular weight is 284 g/mol. The first-order valence-corrected chi connectivity index (χ1v) is 7.50. The lowest BCUT2D eigenvalue weighted by molar-refractivity contribution is 0.111. The second-order valence-corrected chi connectivity index (χ2v) is 5.47. The van der Waals surface area contributed by atoms with Crippen molar-refractivity contribution in [3.63, 3.8) is 0 Å². The van der Waals surface area contributed by atoms with Crippen LogP contribution in [0.3, 0.4) is 0 Å². The number of aldehydes is 1. The van der Waals surface area contributed by atoms with Gasteiger partial charge in [-0.25, -0.2) is 4.68 Å². The monoisotopic (exact) mass is 284 g/mol. The summed E-state index contributed by atoms with van der Waals surface area (Å²) in [6.07, 6.45) is 4.07. The van der Waals surface area contributed by atoms with Gasteiger partial charge in [-0.15, -0.1) is 5.10 Å². The molecule has 1 aromatic heterocycles. The molecule has 5 nitrogen and oxygen atoms in total. The Labute approximate surface area is 124 Å². The Hall–Kier alpha value is -2.01. The highest BCUT2D eigenvalue weighted by Crippen LogP contribution is 2.12. The maximum atomic E-state index is 11.2. The number of hydrogen-bond donors (Lipinski definition) is 0. The van der Waals surface area contributed by atoms with Crippen LogP contribution in [0.4, 0.5) is 0 Å². The molecule has 1 aromatic carbocycles. The molecule has 3 rings (SSSR count). The fourth-order valence-electron chi connectivity index (χ4n) is 2.83. The topological polar surface area (TPSA) is 51.0 Å². The molecule has 5 heteroatoms. The lowest BCUT2D eigenvalue weighted by Gasteiger charge is -2.15. The van der Waals surface area contributed by atoms with Crippen molar-refractivity contribution < 1.29 is 4.79 Å². The van der Waals surface area contributed by atoms with E-state index in [1.54, 1.807) is 0 Å². The molecule has 1 fully saturated rings. The molecule has 0 spiro atoms. The third kappa shape index (κ3) is 3.36. The lowest BCUT2D eigenvalue weighted by Crippen LogP contribution is -2.25. The van der Waals surface area contributed by atoms with E-state index < -0.39 is 0 Å². The van der Waals surface area contributed by atoms with Gasteiger partial charge in [0, 0.05) is 13.0 Å². The van der Waals surface area contributed by atoms with Crippen molar-refractivity contribution in [3.8, 4) is 0 Å². The number of likely N-dealkylation sites (tertiary alicyclic amines) is 1. The molecule has 0 saturated carbocycles. The molecule has 1 aliphatic rings. The Kier molecular flexibility index (Phi) is 4.40. The van der Waals surface area contributed by atoms with E-state index in [4.69, 9.17) is 0 Å². The normalized spacial score (nSPS) is 15.4. The SMILES string of the molecule is O=Cc1nnn(CCN2CCCC2)c1Cc1ccccc1. The third-order valence-electron chi connectivity index (χ3n) is 4.02. The van der Waals surface area contributed by atoms with Crippen molar-refractivity contribution in [2.24, 2.45) is 0 Å². The predicted molar refractivity (Wildman–Crippen MR) is 80.3 cm³/mol. The van der Waals surface area contributed by atoms with Crippen LogP contribution in [-0.4, -0.2) is 45.8 Å². The molecule has 2 heterocycles. The van der Waals surface area contributed by atoms with Crippen LogP contribution >= 0.6 is 0 Å². The Bertz CT molecular complexity index is 588. The van der Waals surface area contributed by atoms with Crippen LogP contribution in [0.1, 0.15) is 34.6 Å². The van der Waals surface area contributed by atoms with E-state index in [2.05, 4.69) is 27.3 Å². The van der Waals surface area contributed by atoms with Gasteiger partial charge in [0.2, 0.25) is 0 Å². The summed E-state index contributed by atoms with van der Waals surface area (Å²) in [6, 6.07) is 10.1. The van der Waals surface area contributed by atoms with Crippen LogP contribution < -0.4 is 0 Å². The van der Waals surface area contributed by atoms with Gasteiger partial charge in [-0.3, -0.25) is 4.79 Å². The van der Waals surface area contributed by atoms with Crippen LogP contribution in [0.25, 0.3) is 0 Å². The second-order valence-electron chi connectivity index (χ2n) is 5.47. The van der Waals surface area contributed by atoms with Gasteiger partial charge in [-0.1, -0.05) is 35.5 Å². The summed E-state index contributed by atoms with van der Waals surface area (Å²) >= 11 is 0. The maximum absolute atomic E-state index is 11.2. The molecular weight excluding hydrogens is 264 g/mol. The van der Waals surface area contributed by atoms with Gasteiger partial charge in [0.1, 0.15) is 5.69 Å². The third-order valence-corrected chi connectivity index (χ3v) is 4.02. The minimum atomic E-state index is 0.459. The van der Waals surface area contributed by atoms with E-state index in [1.807, 2.05) is 22.9 Å². The summed E-state index contributed by atoms with van der Waals surface area (Å²) in [4.78, 5) is 13.6. The Morgan fingerprint density at radius 1 is 1.10 bits per heavy atom. The molecule has 1 aliphatic heterocycles. The number of carbonyl (C=O) groups is 1. The summed E-state index contributed by atoms with van der Waals surface area (Å²) in [5.41, 5.74) is 2.54. The summed E-state index contributed by atoms with van der Waals surface area (Å²) in [5.74, 6) is 0. The quantitative estimate of drug-likeness (QED) is 0.759. The first-order chi connectivity index (χ1) is 10.4. The smallest absolute Gasteiger partial charge is 0.172 e. The molecule has 21 heavy (non-hydrogen) atoms. The molecule has 0 radical (unpaired) electrons. The molecule has 0 aliphatic carbocycles. The molecular formula is C16H20N4O. The van der Waals surface area contributed by atoms with E-state index in [-0.39, 0.29) is 0 Å². The highest BCUT2D eigenvalue weighted by molar-refractivity contribution is 5.73. The van der Waals surface area contributed by atoms with Crippen molar-refractivity contribution in [2.75, 3.05) is 19.6 Å². The fourth-order valence-corrected chi connectivity index (χ4v) is 2.83. The van der Waals surface area contributed by atoms with Crippen molar-refractivity contribution in [1.29, 1.82) is 0 Å². The van der Waals surface area contributed by atoms with Crippen molar-refractivity contribution in [2.45, 2.75) is 25.8 Å². The fraction of sp³-hybridized carbons (Fsp3) is 0.438. The number of nitrogens with zero attached hydrogens (tertiary/aromatic N) is 4. The van der Waals surface area contributed by atoms with E-state index in [0.29, 0.717) is 12.1 Å². The number of rotatable bonds is 6. The summed E-state index contributed by atoms with van der Waals surface area (Å²) < 4.78 is 1.88. The number of benzene rings is 1. The van der Waals surface area contributed by atoms with E-state index in [0.717, 1.165) is 25.1 Å². The van der Waals surface area contributed by atoms with Crippen LogP contribution in [0, 0.1) is 0 Å². The zero-order chi connectivity index (χ0) is 14.5. The van der Waals surface area contributed by atoms with Crippen molar-refractivity contribution >= 4 is 6.29 Å². The molecule has 0 unspecified atom stereocenters. The zero-order valence-electron chi connectivity index (χ0n) is 12.1. The molecule has 1 saturated heterocycles. The van der Waals surface area contributed by atoms with E-state index >= 15 is 0 Å². The van der Waals surface area contributed by atoms with Crippen LogP contribution in [0.2, 0.25) is 0 Å². The lowest BCUT2D eigenvalue weighted by atomic mass is 10.1. The molecule has 0 N–H and O–H groups in total. The minimum Gasteiger partial charge on any atom is -0.301 e. The van der Waals surface area contributed by atoms with Crippen LogP contribution in [0.5, 0.6) is 0 Å². The molecule has 0 amide bonds.